The van der Waals surface area contributed by atoms with Crippen molar-refractivity contribution < 1.29 is 28.5 Å². The van der Waals surface area contributed by atoms with Crippen molar-refractivity contribution in [1.82, 2.24) is 9.47 Å². The maximum Gasteiger partial charge on any atom is 0.338 e. The molecule has 1 saturated heterocycles. The summed E-state index contributed by atoms with van der Waals surface area (Å²) in [5, 5.41) is 0.526. The Kier molecular flexibility index (Phi) is 9.86. The lowest BCUT2D eigenvalue weighted by atomic mass is 9.93. The minimum absolute atomic E-state index is 0.132. The molecule has 2 aliphatic heterocycles. The number of hydrogen-bond donors (Lipinski definition) is 0. The minimum Gasteiger partial charge on any atom is -0.493 e. The number of ether oxygens (including phenoxy) is 4. The number of rotatable bonds is 9. The molecule has 0 saturated carbocycles. The predicted molar refractivity (Wildman–Crippen MR) is 178 cm³/mol. The van der Waals surface area contributed by atoms with Crippen LogP contribution in [0.3, 0.4) is 0 Å². The molecule has 0 unspecified atom stereocenters. The van der Waals surface area contributed by atoms with Crippen molar-refractivity contribution in [3.63, 3.8) is 0 Å². The van der Waals surface area contributed by atoms with Gasteiger partial charge in [0.05, 0.1) is 48.8 Å². The lowest BCUT2D eigenvalue weighted by Gasteiger charge is -2.26. The Morgan fingerprint density at radius 1 is 1.04 bits per heavy atom. The number of aromatic nitrogens is 1. The molecule has 3 aromatic carbocycles. The van der Waals surface area contributed by atoms with E-state index in [1.54, 1.807) is 60.4 Å². The second-order valence-electron chi connectivity index (χ2n) is 10.7. The van der Waals surface area contributed by atoms with Crippen LogP contribution in [-0.4, -0.2) is 68.0 Å². The standard InChI is InChI=1S/C35H32ClN3O7S/c1-3-45-34(42)30-31(23-7-5-4-6-8-23)37-35-39(32(30)24-10-12-25(36)13-11-24)33(41)28(47-35)20-22-9-14-26(27(19-22)43-2)46-21-29(40)38-15-17-44-18-16-38/h4-14,19-20,32H,3,15-18,21H2,1-2H3/b28-20+/t32-/m1/s1. The number of thiazole rings is 1. The van der Waals surface area contributed by atoms with Gasteiger partial charge in [-0.3, -0.25) is 14.2 Å². The molecule has 0 spiro atoms. The van der Waals surface area contributed by atoms with E-state index in [9.17, 15) is 14.4 Å². The molecule has 1 atom stereocenters. The average molecular weight is 674 g/mol. The molecule has 0 N–H and O–H groups in total. The fourth-order valence-electron chi connectivity index (χ4n) is 5.49. The van der Waals surface area contributed by atoms with Gasteiger partial charge in [0.15, 0.2) is 22.9 Å². The van der Waals surface area contributed by atoms with Crippen LogP contribution < -0.4 is 24.4 Å². The van der Waals surface area contributed by atoms with Gasteiger partial charge in [0.25, 0.3) is 11.5 Å². The van der Waals surface area contributed by atoms with Crippen LogP contribution in [0, 0.1) is 0 Å². The maximum absolute atomic E-state index is 14.2. The molecule has 1 aromatic heterocycles. The number of amides is 1. The number of nitrogens with zero attached hydrogens (tertiary/aromatic N) is 3. The molecule has 0 bridgehead atoms. The van der Waals surface area contributed by atoms with Gasteiger partial charge in [-0.05, 0) is 48.4 Å². The maximum atomic E-state index is 14.2. The van der Waals surface area contributed by atoms with Gasteiger partial charge in [0, 0.05) is 23.7 Å². The molecule has 3 heterocycles. The number of morpholine rings is 1. The number of methoxy groups -OCH3 is 1. The van der Waals surface area contributed by atoms with Gasteiger partial charge in [-0.1, -0.05) is 71.5 Å². The first-order valence-corrected chi connectivity index (χ1v) is 16.3. The highest BCUT2D eigenvalue weighted by Crippen LogP contribution is 2.35. The van der Waals surface area contributed by atoms with Crippen LogP contribution in [0.4, 0.5) is 0 Å². The van der Waals surface area contributed by atoms with Gasteiger partial charge in [-0.2, -0.15) is 0 Å². The number of fused-ring (bicyclic) bond motifs is 1. The van der Waals surface area contributed by atoms with Gasteiger partial charge >= 0.3 is 5.97 Å². The number of hydrogen-bond acceptors (Lipinski definition) is 9. The summed E-state index contributed by atoms with van der Waals surface area (Å²) in [6.45, 7) is 3.83. The fourth-order valence-corrected chi connectivity index (χ4v) is 6.62. The topological polar surface area (TPSA) is 109 Å². The van der Waals surface area contributed by atoms with E-state index in [0.29, 0.717) is 69.0 Å². The molecule has 6 rings (SSSR count). The molecular formula is C35H32ClN3O7S. The number of carbonyl (C=O) groups excluding carboxylic acids is 2. The zero-order chi connectivity index (χ0) is 32.9. The van der Waals surface area contributed by atoms with E-state index < -0.39 is 12.0 Å². The van der Waals surface area contributed by atoms with Crippen LogP contribution in [0.25, 0.3) is 11.8 Å². The van der Waals surface area contributed by atoms with Crippen LogP contribution in [0.15, 0.2) is 88.2 Å². The molecular weight excluding hydrogens is 642 g/mol. The number of esters is 1. The van der Waals surface area contributed by atoms with E-state index in [4.69, 9.17) is 35.5 Å². The Labute approximate surface area is 279 Å². The minimum atomic E-state index is -0.811. The smallest absolute Gasteiger partial charge is 0.338 e. The summed E-state index contributed by atoms with van der Waals surface area (Å²) in [6, 6.07) is 20.8. The monoisotopic (exact) mass is 673 g/mol. The summed E-state index contributed by atoms with van der Waals surface area (Å²) >= 11 is 7.44. The Bertz CT molecular complexity index is 2000. The second kappa shape index (κ2) is 14.4. The molecule has 0 aliphatic carbocycles. The third-order valence-electron chi connectivity index (χ3n) is 7.76. The van der Waals surface area contributed by atoms with Crippen LogP contribution >= 0.6 is 22.9 Å². The summed E-state index contributed by atoms with van der Waals surface area (Å²) < 4.78 is 24.1. The van der Waals surface area contributed by atoms with Gasteiger partial charge in [-0.15, -0.1) is 0 Å². The molecule has 4 aromatic rings. The Balaban J connectivity index is 1.42. The van der Waals surface area contributed by atoms with Crippen molar-refractivity contribution in [2.24, 2.45) is 4.99 Å². The highest BCUT2D eigenvalue weighted by atomic mass is 35.5. The van der Waals surface area contributed by atoms with Crippen molar-refractivity contribution >= 4 is 46.6 Å². The molecule has 1 amide bonds. The van der Waals surface area contributed by atoms with Crippen molar-refractivity contribution in [3.05, 3.63) is 120 Å². The highest BCUT2D eigenvalue weighted by Gasteiger charge is 2.35. The van der Waals surface area contributed by atoms with Crippen molar-refractivity contribution in [2.45, 2.75) is 13.0 Å². The largest absolute Gasteiger partial charge is 0.493 e. The van der Waals surface area contributed by atoms with Crippen LogP contribution in [0.5, 0.6) is 11.5 Å². The van der Waals surface area contributed by atoms with Crippen LogP contribution in [-0.2, 0) is 19.1 Å². The van der Waals surface area contributed by atoms with E-state index >= 15 is 0 Å². The van der Waals surface area contributed by atoms with Crippen molar-refractivity contribution in [3.8, 4) is 11.5 Å². The zero-order valence-electron chi connectivity index (χ0n) is 25.8. The summed E-state index contributed by atoms with van der Waals surface area (Å²) in [7, 11) is 1.51. The molecule has 1 fully saturated rings. The summed E-state index contributed by atoms with van der Waals surface area (Å²) in [6.07, 6.45) is 1.74. The molecule has 47 heavy (non-hydrogen) atoms. The third-order valence-corrected chi connectivity index (χ3v) is 8.99. The first-order valence-electron chi connectivity index (χ1n) is 15.1. The molecule has 2 aliphatic rings. The average Bonchev–Trinajstić information content (AvgIpc) is 3.41. The van der Waals surface area contributed by atoms with E-state index in [1.165, 1.54) is 23.0 Å². The predicted octanol–water partition coefficient (Wildman–Crippen LogP) is 3.84. The SMILES string of the molecule is CCOC(=O)C1=C(c2ccccc2)N=c2s/c(=C/c3ccc(OCC(=O)N4CCOCC4)c(OC)c3)c(=O)n2[C@@H]1c1ccc(Cl)cc1. The zero-order valence-corrected chi connectivity index (χ0v) is 27.4. The normalized spacial score (nSPS) is 16.4. The number of carbonyl (C=O) groups is 2. The van der Waals surface area contributed by atoms with Gasteiger partial charge in [0.1, 0.15) is 0 Å². The van der Waals surface area contributed by atoms with Crippen molar-refractivity contribution in [2.75, 3.05) is 46.6 Å². The Morgan fingerprint density at radius 3 is 2.49 bits per heavy atom. The van der Waals surface area contributed by atoms with Crippen LogP contribution in [0.1, 0.15) is 29.7 Å². The summed E-state index contributed by atoms with van der Waals surface area (Å²) in [5.74, 6) is 0.128. The van der Waals surface area contributed by atoms with E-state index in [2.05, 4.69) is 0 Å². The molecule has 0 radical (unpaired) electrons. The van der Waals surface area contributed by atoms with E-state index in [0.717, 1.165) is 5.56 Å². The summed E-state index contributed by atoms with van der Waals surface area (Å²) in [5.41, 5.74) is 2.46. The highest BCUT2D eigenvalue weighted by molar-refractivity contribution is 7.07. The third kappa shape index (κ3) is 6.87. The summed E-state index contributed by atoms with van der Waals surface area (Å²) in [4.78, 5) is 47.4. The fraction of sp³-hybridized carbons (Fsp3) is 0.257. The second-order valence-corrected chi connectivity index (χ2v) is 12.1. The molecule has 10 nitrogen and oxygen atoms in total. The van der Waals surface area contributed by atoms with E-state index in [1.807, 2.05) is 30.3 Å². The van der Waals surface area contributed by atoms with Crippen LogP contribution in [0.2, 0.25) is 5.02 Å². The lowest BCUT2D eigenvalue weighted by molar-refractivity contribution is -0.139. The van der Waals surface area contributed by atoms with Crippen molar-refractivity contribution in [1.29, 1.82) is 0 Å². The van der Waals surface area contributed by atoms with Gasteiger partial charge in [0.2, 0.25) is 0 Å². The lowest BCUT2D eigenvalue weighted by Crippen LogP contribution is -2.43. The van der Waals surface area contributed by atoms with Gasteiger partial charge in [-0.25, -0.2) is 9.79 Å². The number of halogens is 1. The number of benzene rings is 3. The quantitative estimate of drug-likeness (QED) is 0.249. The first-order chi connectivity index (χ1) is 22.9. The Hall–Kier alpha value is -4.71. The van der Waals surface area contributed by atoms with Gasteiger partial charge < -0.3 is 23.8 Å². The molecule has 242 valence electrons. The Morgan fingerprint density at radius 2 is 1.79 bits per heavy atom. The molecule has 12 heteroatoms. The first kappa shape index (κ1) is 32.2. The van der Waals surface area contributed by atoms with E-state index in [-0.39, 0.29) is 30.3 Å².